The van der Waals surface area contributed by atoms with E-state index in [1.54, 1.807) is 0 Å². The number of halogens is 1. The van der Waals surface area contributed by atoms with Gasteiger partial charge in [0.25, 0.3) is 0 Å². The van der Waals surface area contributed by atoms with E-state index >= 15 is 0 Å². The Bertz CT molecular complexity index is 288. The largest absolute Gasteiger partial charge is 0.388 e. The van der Waals surface area contributed by atoms with Crippen LogP contribution in [-0.4, -0.2) is 5.11 Å². The van der Waals surface area contributed by atoms with E-state index in [9.17, 15) is 5.11 Å². The molecule has 0 bridgehead atoms. The number of benzene rings is 1. The van der Waals surface area contributed by atoms with Gasteiger partial charge in [0.1, 0.15) is 0 Å². The maximum absolute atomic E-state index is 10.1. The molecule has 1 aliphatic rings. The van der Waals surface area contributed by atoms with Gasteiger partial charge in [-0.1, -0.05) is 36.6 Å². The van der Waals surface area contributed by atoms with Crippen molar-refractivity contribution in [1.29, 1.82) is 0 Å². The third-order valence-corrected chi connectivity index (χ3v) is 3.31. The van der Waals surface area contributed by atoms with Crippen molar-refractivity contribution in [2.45, 2.75) is 31.8 Å². The second-order valence-corrected chi connectivity index (χ2v) is 4.48. The fourth-order valence-corrected chi connectivity index (χ4v) is 2.33. The summed E-state index contributed by atoms with van der Waals surface area (Å²) in [6.45, 7) is 0. The molecule has 1 fully saturated rings. The average Bonchev–Trinajstić information content (AvgIpc) is 2.71. The van der Waals surface area contributed by atoms with Gasteiger partial charge in [0.2, 0.25) is 0 Å². The molecule has 0 aliphatic heterocycles. The number of hydrogen-bond acceptors (Lipinski definition) is 1. The van der Waals surface area contributed by atoms with Crippen LogP contribution in [0.5, 0.6) is 0 Å². The molecule has 2 heteroatoms. The van der Waals surface area contributed by atoms with Crippen molar-refractivity contribution in [1.82, 2.24) is 0 Å². The topological polar surface area (TPSA) is 20.2 Å². The summed E-state index contributed by atoms with van der Waals surface area (Å²) in [6, 6.07) is 7.53. The lowest BCUT2D eigenvalue weighted by molar-refractivity contribution is 0.111. The molecule has 1 nitrogen and oxygen atoms in total. The van der Waals surface area contributed by atoms with Crippen molar-refractivity contribution >= 4 is 11.6 Å². The SMILES string of the molecule is O[C@@H](c1ccc(Cl)cc1)C1CCCC1. The highest BCUT2D eigenvalue weighted by Crippen LogP contribution is 2.35. The van der Waals surface area contributed by atoms with Gasteiger partial charge >= 0.3 is 0 Å². The molecule has 1 saturated carbocycles. The van der Waals surface area contributed by atoms with Gasteiger partial charge in [-0.05, 0) is 36.5 Å². The smallest absolute Gasteiger partial charge is 0.0818 e. The second kappa shape index (κ2) is 4.33. The molecule has 0 radical (unpaired) electrons. The van der Waals surface area contributed by atoms with Crippen molar-refractivity contribution in [3.8, 4) is 0 Å². The third-order valence-electron chi connectivity index (χ3n) is 3.06. The van der Waals surface area contributed by atoms with E-state index in [-0.39, 0.29) is 6.10 Å². The highest BCUT2D eigenvalue weighted by molar-refractivity contribution is 6.30. The van der Waals surface area contributed by atoms with Gasteiger partial charge in [0, 0.05) is 5.02 Å². The van der Waals surface area contributed by atoms with Gasteiger partial charge in [-0.2, -0.15) is 0 Å². The molecule has 1 aromatic carbocycles. The minimum absolute atomic E-state index is 0.297. The Morgan fingerprint density at radius 3 is 2.29 bits per heavy atom. The molecule has 0 spiro atoms. The maximum atomic E-state index is 10.1. The van der Waals surface area contributed by atoms with E-state index in [1.807, 2.05) is 24.3 Å². The summed E-state index contributed by atoms with van der Waals surface area (Å²) in [4.78, 5) is 0. The summed E-state index contributed by atoms with van der Waals surface area (Å²) < 4.78 is 0. The van der Waals surface area contributed by atoms with Gasteiger partial charge < -0.3 is 5.11 Å². The molecular formula is C12H15ClO. The molecule has 0 amide bonds. The first kappa shape index (κ1) is 10.0. The molecule has 1 aliphatic carbocycles. The van der Waals surface area contributed by atoms with Crippen LogP contribution in [0.15, 0.2) is 24.3 Å². The van der Waals surface area contributed by atoms with Crippen LogP contribution >= 0.6 is 11.6 Å². The van der Waals surface area contributed by atoms with Crippen molar-refractivity contribution in [2.24, 2.45) is 5.92 Å². The summed E-state index contributed by atoms with van der Waals surface area (Å²) >= 11 is 5.79. The van der Waals surface area contributed by atoms with E-state index in [1.165, 1.54) is 12.8 Å². The highest BCUT2D eigenvalue weighted by atomic mass is 35.5. The molecule has 0 heterocycles. The van der Waals surface area contributed by atoms with Crippen LogP contribution in [0, 0.1) is 5.92 Å². The summed E-state index contributed by atoms with van der Waals surface area (Å²) in [5.74, 6) is 0.455. The molecule has 1 N–H and O–H groups in total. The number of aliphatic hydroxyl groups excluding tert-OH is 1. The first-order chi connectivity index (χ1) is 6.77. The molecule has 0 unspecified atom stereocenters. The first-order valence-electron chi connectivity index (χ1n) is 5.21. The second-order valence-electron chi connectivity index (χ2n) is 4.04. The summed E-state index contributed by atoms with van der Waals surface area (Å²) in [5, 5.41) is 10.8. The van der Waals surface area contributed by atoms with E-state index < -0.39 is 0 Å². The summed E-state index contributed by atoms with van der Waals surface area (Å²) in [6.07, 6.45) is 4.54. The van der Waals surface area contributed by atoms with Gasteiger partial charge in [-0.25, -0.2) is 0 Å². The van der Waals surface area contributed by atoms with Crippen LogP contribution in [0.25, 0.3) is 0 Å². The van der Waals surface area contributed by atoms with Gasteiger partial charge in [0.15, 0.2) is 0 Å². The molecule has 0 saturated heterocycles. The molecule has 0 aromatic heterocycles. The van der Waals surface area contributed by atoms with E-state index in [0.29, 0.717) is 5.92 Å². The number of aliphatic hydroxyl groups is 1. The standard InChI is InChI=1S/C12H15ClO/c13-11-7-5-10(6-8-11)12(14)9-3-1-2-4-9/h5-9,12,14H,1-4H2/t12-/m1/s1. The average molecular weight is 211 g/mol. The monoisotopic (exact) mass is 210 g/mol. The Morgan fingerprint density at radius 2 is 1.71 bits per heavy atom. The zero-order valence-corrected chi connectivity index (χ0v) is 8.87. The normalized spacial score (nSPS) is 19.9. The van der Waals surface area contributed by atoms with Crippen molar-refractivity contribution < 1.29 is 5.11 Å². The number of rotatable bonds is 2. The summed E-state index contributed by atoms with van der Waals surface area (Å²) in [5.41, 5.74) is 1.00. The molecule has 14 heavy (non-hydrogen) atoms. The maximum Gasteiger partial charge on any atom is 0.0818 e. The van der Waals surface area contributed by atoms with Crippen molar-refractivity contribution in [2.75, 3.05) is 0 Å². The number of hydrogen-bond donors (Lipinski definition) is 1. The van der Waals surface area contributed by atoms with E-state index in [2.05, 4.69) is 0 Å². The van der Waals surface area contributed by atoms with E-state index in [4.69, 9.17) is 11.6 Å². The predicted octanol–water partition coefficient (Wildman–Crippen LogP) is 3.56. The predicted molar refractivity (Wildman–Crippen MR) is 58.4 cm³/mol. The van der Waals surface area contributed by atoms with Gasteiger partial charge in [0.05, 0.1) is 6.10 Å². The lowest BCUT2D eigenvalue weighted by atomic mass is 9.95. The lowest BCUT2D eigenvalue weighted by Crippen LogP contribution is -2.08. The Hall–Kier alpha value is -0.530. The van der Waals surface area contributed by atoms with Crippen LogP contribution in [0.2, 0.25) is 5.02 Å². The van der Waals surface area contributed by atoms with E-state index in [0.717, 1.165) is 23.4 Å². The fourth-order valence-electron chi connectivity index (χ4n) is 2.21. The van der Waals surface area contributed by atoms with Crippen LogP contribution in [0.1, 0.15) is 37.4 Å². The molecule has 2 rings (SSSR count). The summed E-state index contributed by atoms with van der Waals surface area (Å²) in [7, 11) is 0. The van der Waals surface area contributed by atoms with Crippen LogP contribution in [0.3, 0.4) is 0 Å². The third kappa shape index (κ3) is 2.10. The van der Waals surface area contributed by atoms with Crippen LogP contribution < -0.4 is 0 Å². The Kier molecular flexibility index (Phi) is 3.09. The Balaban J connectivity index is 2.09. The first-order valence-corrected chi connectivity index (χ1v) is 5.59. The minimum Gasteiger partial charge on any atom is -0.388 e. The molecule has 1 aromatic rings. The lowest BCUT2D eigenvalue weighted by Gasteiger charge is -2.17. The van der Waals surface area contributed by atoms with Gasteiger partial charge in [-0.3, -0.25) is 0 Å². The minimum atomic E-state index is -0.297. The van der Waals surface area contributed by atoms with Crippen LogP contribution in [0.4, 0.5) is 0 Å². The molecule has 76 valence electrons. The van der Waals surface area contributed by atoms with Crippen LogP contribution in [-0.2, 0) is 0 Å². The van der Waals surface area contributed by atoms with Crippen molar-refractivity contribution in [3.63, 3.8) is 0 Å². The zero-order chi connectivity index (χ0) is 9.97. The molecular weight excluding hydrogens is 196 g/mol. The highest BCUT2D eigenvalue weighted by Gasteiger charge is 2.24. The van der Waals surface area contributed by atoms with Crippen molar-refractivity contribution in [3.05, 3.63) is 34.9 Å². The Morgan fingerprint density at radius 1 is 1.14 bits per heavy atom. The quantitative estimate of drug-likeness (QED) is 0.792. The van der Waals surface area contributed by atoms with Gasteiger partial charge in [-0.15, -0.1) is 0 Å². The Labute approximate surface area is 89.7 Å². The molecule has 1 atom stereocenters. The zero-order valence-electron chi connectivity index (χ0n) is 8.12. The fraction of sp³-hybridized carbons (Fsp3) is 0.500.